The van der Waals surface area contributed by atoms with Gasteiger partial charge in [-0.05, 0) is 56.1 Å². The largest absolute Gasteiger partial charge is 0.341 e. The van der Waals surface area contributed by atoms with Gasteiger partial charge < -0.3 is 10.2 Å². The third-order valence-corrected chi connectivity index (χ3v) is 6.83. The van der Waals surface area contributed by atoms with Gasteiger partial charge in [-0.2, -0.15) is 0 Å². The van der Waals surface area contributed by atoms with Crippen LogP contribution < -0.4 is 5.32 Å². The van der Waals surface area contributed by atoms with Crippen LogP contribution in [0.2, 0.25) is 0 Å². The average molecular weight is 310 g/mol. The van der Waals surface area contributed by atoms with Crippen molar-refractivity contribution in [1.29, 1.82) is 0 Å². The highest BCUT2D eigenvalue weighted by Crippen LogP contribution is 2.60. The van der Waals surface area contributed by atoms with Gasteiger partial charge in [0.25, 0.3) is 0 Å². The minimum atomic E-state index is 0.185. The zero-order valence-electron chi connectivity index (χ0n) is 13.8. The van der Waals surface area contributed by atoms with Crippen LogP contribution in [0, 0.1) is 5.92 Å². The average Bonchev–Trinajstić information content (AvgIpc) is 3.16. The molecule has 122 valence electrons. The Morgan fingerprint density at radius 1 is 1.17 bits per heavy atom. The molecular weight excluding hydrogens is 284 g/mol. The van der Waals surface area contributed by atoms with E-state index in [9.17, 15) is 4.79 Å². The molecule has 3 fully saturated rings. The highest BCUT2D eigenvalue weighted by molar-refractivity contribution is 5.85. The molecule has 4 atom stereocenters. The maximum absolute atomic E-state index is 13.2. The summed E-state index contributed by atoms with van der Waals surface area (Å²) in [4.78, 5) is 15.4. The molecule has 23 heavy (non-hydrogen) atoms. The van der Waals surface area contributed by atoms with E-state index in [-0.39, 0.29) is 11.3 Å². The minimum Gasteiger partial charge on any atom is -0.341 e. The summed E-state index contributed by atoms with van der Waals surface area (Å²) in [6.45, 7) is 1.89. The van der Waals surface area contributed by atoms with Gasteiger partial charge in [0.15, 0.2) is 0 Å². The van der Waals surface area contributed by atoms with Gasteiger partial charge in [0, 0.05) is 36.5 Å². The van der Waals surface area contributed by atoms with E-state index >= 15 is 0 Å². The molecular formula is C20H26N2O. The zero-order valence-corrected chi connectivity index (χ0v) is 13.8. The summed E-state index contributed by atoms with van der Waals surface area (Å²) in [7, 11) is 0. The van der Waals surface area contributed by atoms with Gasteiger partial charge >= 0.3 is 0 Å². The molecule has 3 heteroatoms. The van der Waals surface area contributed by atoms with Gasteiger partial charge in [-0.3, -0.25) is 4.79 Å². The molecule has 0 aromatic heterocycles. The Labute approximate surface area is 138 Å². The molecule has 1 aromatic rings. The molecule has 2 saturated heterocycles. The number of nitrogens with one attached hydrogen (secondary N) is 1. The Morgan fingerprint density at radius 3 is 3.00 bits per heavy atom. The number of nitrogens with zero attached hydrogens (tertiary/aromatic N) is 1. The molecule has 0 radical (unpaired) electrons. The third-order valence-electron chi connectivity index (χ3n) is 6.83. The SMILES string of the molecule is O=C(C1CC12CCCc1ccccc12)N1CCC2CCC(C1)N2. The number of hydrogen-bond acceptors (Lipinski definition) is 2. The van der Waals surface area contributed by atoms with E-state index in [1.165, 1.54) is 43.2 Å². The maximum atomic E-state index is 13.2. The summed E-state index contributed by atoms with van der Waals surface area (Å²) in [5.41, 5.74) is 3.16. The normalized spacial score (nSPS) is 38.3. The zero-order chi connectivity index (χ0) is 15.4. The molecule has 1 spiro atoms. The first-order valence-electron chi connectivity index (χ1n) is 9.39. The third kappa shape index (κ3) is 2.16. The minimum absolute atomic E-state index is 0.185. The molecule has 1 amide bonds. The summed E-state index contributed by atoms with van der Waals surface area (Å²) in [6, 6.07) is 10.1. The van der Waals surface area contributed by atoms with Crippen LogP contribution in [0.25, 0.3) is 0 Å². The van der Waals surface area contributed by atoms with Crippen LogP contribution in [0.4, 0.5) is 0 Å². The number of aryl methyl sites for hydroxylation is 1. The first kappa shape index (κ1) is 14.0. The number of hydrogen-bond donors (Lipinski definition) is 1. The Balaban J connectivity index is 1.37. The quantitative estimate of drug-likeness (QED) is 0.865. The molecule has 4 unspecified atom stereocenters. The molecule has 1 saturated carbocycles. The van der Waals surface area contributed by atoms with Crippen LogP contribution in [-0.4, -0.2) is 36.0 Å². The molecule has 3 nitrogen and oxygen atoms in total. The second kappa shape index (κ2) is 5.07. The van der Waals surface area contributed by atoms with Crippen molar-refractivity contribution in [2.45, 2.75) is 62.4 Å². The topological polar surface area (TPSA) is 32.3 Å². The Kier molecular flexibility index (Phi) is 3.09. The lowest BCUT2D eigenvalue weighted by Crippen LogP contribution is -2.41. The van der Waals surface area contributed by atoms with Crippen molar-refractivity contribution in [2.75, 3.05) is 13.1 Å². The Morgan fingerprint density at radius 2 is 2.04 bits per heavy atom. The molecule has 5 rings (SSSR count). The van der Waals surface area contributed by atoms with Crippen LogP contribution >= 0.6 is 0 Å². The molecule has 1 aromatic carbocycles. The summed E-state index contributed by atoms with van der Waals surface area (Å²) in [5.74, 6) is 0.691. The van der Waals surface area contributed by atoms with Crippen molar-refractivity contribution in [3.05, 3.63) is 35.4 Å². The van der Waals surface area contributed by atoms with E-state index in [4.69, 9.17) is 0 Å². The van der Waals surface area contributed by atoms with Gasteiger partial charge in [0.05, 0.1) is 0 Å². The van der Waals surface area contributed by atoms with E-state index in [0.29, 0.717) is 18.0 Å². The second-order valence-electron chi connectivity index (χ2n) is 8.13. The van der Waals surface area contributed by atoms with Crippen LogP contribution in [0.5, 0.6) is 0 Å². The van der Waals surface area contributed by atoms with Gasteiger partial charge in [0.2, 0.25) is 5.91 Å². The number of benzene rings is 1. The highest BCUT2D eigenvalue weighted by atomic mass is 16.2. The van der Waals surface area contributed by atoms with Gasteiger partial charge in [-0.25, -0.2) is 0 Å². The van der Waals surface area contributed by atoms with Crippen molar-refractivity contribution in [3.63, 3.8) is 0 Å². The first-order chi connectivity index (χ1) is 11.3. The van der Waals surface area contributed by atoms with Crippen molar-refractivity contribution in [3.8, 4) is 0 Å². The Bertz CT molecular complexity index is 642. The van der Waals surface area contributed by atoms with Crippen molar-refractivity contribution in [1.82, 2.24) is 10.2 Å². The summed E-state index contributed by atoms with van der Waals surface area (Å²) in [6.07, 6.45) is 8.40. The summed E-state index contributed by atoms with van der Waals surface area (Å²) < 4.78 is 0. The lowest BCUT2D eigenvalue weighted by molar-refractivity contribution is -0.133. The summed E-state index contributed by atoms with van der Waals surface area (Å²) >= 11 is 0. The predicted molar refractivity (Wildman–Crippen MR) is 90.3 cm³/mol. The van der Waals surface area contributed by atoms with Crippen LogP contribution in [0.1, 0.15) is 49.7 Å². The molecule has 4 aliphatic rings. The molecule has 2 heterocycles. The number of amides is 1. The van der Waals surface area contributed by atoms with Crippen LogP contribution in [0.3, 0.4) is 0 Å². The summed E-state index contributed by atoms with van der Waals surface area (Å²) in [5, 5.41) is 3.69. The molecule has 2 aliphatic heterocycles. The van der Waals surface area contributed by atoms with Gasteiger partial charge in [0.1, 0.15) is 0 Å². The van der Waals surface area contributed by atoms with Crippen molar-refractivity contribution < 1.29 is 4.79 Å². The number of carbonyl (C=O) groups is 1. The number of rotatable bonds is 1. The van der Waals surface area contributed by atoms with E-state index in [1.807, 2.05) is 0 Å². The first-order valence-corrected chi connectivity index (χ1v) is 9.39. The lowest BCUT2D eigenvalue weighted by Gasteiger charge is -2.29. The number of carbonyl (C=O) groups excluding carboxylic acids is 1. The van der Waals surface area contributed by atoms with Crippen LogP contribution in [-0.2, 0) is 16.6 Å². The fourth-order valence-corrected chi connectivity index (χ4v) is 5.52. The van der Waals surface area contributed by atoms with E-state index in [0.717, 1.165) is 25.9 Å². The highest BCUT2D eigenvalue weighted by Gasteiger charge is 2.61. The van der Waals surface area contributed by atoms with Gasteiger partial charge in [-0.1, -0.05) is 24.3 Å². The smallest absolute Gasteiger partial charge is 0.226 e. The van der Waals surface area contributed by atoms with E-state index in [2.05, 4.69) is 34.5 Å². The maximum Gasteiger partial charge on any atom is 0.226 e. The van der Waals surface area contributed by atoms with E-state index in [1.54, 1.807) is 0 Å². The van der Waals surface area contributed by atoms with Crippen molar-refractivity contribution in [2.24, 2.45) is 5.92 Å². The molecule has 2 bridgehead atoms. The fourth-order valence-electron chi connectivity index (χ4n) is 5.52. The molecule has 2 aliphatic carbocycles. The van der Waals surface area contributed by atoms with E-state index < -0.39 is 0 Å². The van der Waals surface area contributed by atoms with Crippen LogP contribution in [0.15, 0.2) is 24.3 Å². The number of likely N-dealkylation sites (tertiary alicyclic amines) is 1. The van der Waals surface area contributed by atoms with Gasteiger partial charge in [-0.15, -0.1) is 0 Å². The monoisotopic (exact) mass is 310 g/mol. The number of fused-ring (bicyclic) bond motifs is 4. The standard InChI is InChI=1S/C20H26N2O/c23-19(22-11-9-15-7-8-16(13-22)21-15)18-12-20(18)10-3-5-14-4-1-2-6-17(14)20/h1-2,4,6,15-16,18,21H,3,5,7-13H2. The second-order valence-corrected chi connectivity index (χ2v) is 8.13. The Hall–Kier alpha value is -1.35. The fraction of sp³-hybridized carbons (Fsp3) is 0.650. The predicted octanol–water partition coefficient (Wildman–Crippen LogP) is 2.63. The molecule has 1 N–H and O–H groups in total. The lowest BCUT2D eigenvalue weighted by atomic mass is 9.78. The van der Waals surface area contributed by atoms with Crippen molar-refractivity contribution >= 4 is 5.91 Å².